The first-order valence-electron chi connectivity index (χ1n) is 9.89. The van der Waals surface area contributed by atoms with Crippen LogP contribution in [-0.4, -0.2) is 30.5 Å². The highest BCUT2D eigenvalue weighted by Crippen LogP contribution is 2.43. The smallest absolute Gasteiger partial charge is 0.158 e. The molecule has 0 aliphatic heterocycles. The highest BCUT2D eigenvalue weighted by Gasteiger charge is 2.41. The topological polar surface area (TPSA) is 114 Å². The molecule has 8 heteroatoms. The summed E-state index contributed by atoms with van der Waals surface area (Å²) in [7, 11) is 0. The number of aliphatic hydroxyl groups is 1. The van der Waals surface area contributed by atoms with E-state index in [-0.39, 0.29) is 34.2 Å². The first-order valence-corrected chi connectivity index (χ1v) is 9.89. The van der Waals surface area contributed by atoms with Gasteiger partial charge in [-0.2, -0.15) is 10.4 Å². The van der Waals surface area contributed by atoms with Gasteiger partial charge in [0.05, 0.1) is 23.0 Å². The van der Waals surface area contributed by atoms with Crippen molar-refractivity contribution in [2.75, 3.05) is 5.73 Å². The number of fused-ring (bicyclic) bond motifs is 1. The molecule has 31 heavy (non-hydrogen) atoms. The minimum atomic E-state index is -0.782. The van der Waals surface area contributed by atoms with Gasteiger partial charge in [-0.05, 0) is 44.0 Å². The van der Waals surface area contributed by atoms with Crippen LogP contribution in [0.25, 0.3) is 33.5 Å². The highest BCUT2D eigenvalue weighted by atomic mass is 19.1. The summed E-state index contributed by atoms with van der Waals surface area (Å²) in [5.41, 5.74) is 7.19. The second-order valence-corrected chi connectivity index (χ2v) is 8.13. The fraction of sp³-hybridized carbons (Fsp3) is 0.217. The zero-order valence-electron chi connectivity index (χ0n) is 16.7. The second-order valence-electron chi connectivity index (χ2n) is 8.13. The number of benzene rings is 1. The normalized spacial score (nSPS) is 20.4. The highest BCUT2D eigenvalue weighted by molar-refractivity contribution is 5.87. The van der Waals surface area contributed by atoms with Gasteiger partial charge in [0.2, 0.25) is 0 Å². The van der Waals surface area contributed by atoms with Crippen molar-refractivity contribution < 1.29 is 9.50 Å². The molecule has 5 rings (SSSR count). The number of nitrogens with two attached hydrogens (primary N) is 1. The Hall–Kier alpha value is -3.83. The van der Waals surface area contributed by atoms with Crippen LogP contribution in [0.1, 0.15) is 31.4 Å². The Kier molecular flexibility index (Phi) is 4.24. The van der Waals surface area contributed by atoms with Crippen molar-refractivity contribution in [3.8, 4) is 28.7 Å². The lowest BCUT2D eigenvalue weighted by molar-refractivity contribution is -0.0535. The molecule has 0 spiro atoms. The van der Waals surface area contributed by atoms with Crippen LogP contribution in [0, 0.1) is 17.1 Å². The van der Waals surface area contributed by atoms with Gasteiger partial charge in [-0.15, -0.1) is 0 Å². The van der Waals surface area contributed by atoms with Crippen molar-refractivity contribution >= 4 is 16.7 Å². The lowest BCUT2D eigenvalue weighted by Gasteiger charge is -2.41. The van der Waals surface area contributed by atoms with Crippen molar-refractivity contribution in [2.24, 2.45) is 0 Å². The summed E-state index contributed by atoms with van der Waals surface area (Å²) in [5, 5.41) is 24.8. The van der Waals surface area contributed by atoms with Crippen LogP contribution in [0.5, 0.6) is 0 Å². The Bertz CT molecular complexity index is 1350. The average Bonchev–Trinajstić information content (AvgIpc) is 3.08. The zero-order chi connectivity index (χ0) is 21.8. The standard InChI is InChI=1S/C23H19FN6O/c1-23(31)10-14(11-23)30-22(26)16(12-25)21(29-30)15-7-5-13-6-8-18(28-20(13)19(15)24)17-4-2-3-9-27-17/h2-9,14,31H,10-11,26H2,1H3/t14-,23+. The van der Waals surface area contributed by atoms with E-state index in [1.807, 2.05) is 6.07 Å². The Balaban J connectivity index is 1.64. The molecular weight excluding hydrogens is 395 g/mol. The Morgan fingerprint density at radius 3 is 2.65 bits per heavy atom. The van der Waals surface area contributed by atoms with E-state index in [0.717, 1.165) is 0 Å². The molecule has 7 nitrogen and oxygen atoms in total. The molecular formula is C23H19FN6O. The maximum atomic E-state index is 15.6. The van der Waals surface area contributed by atoms with E-state index in [1.54, 1.807) is 49.5 Å². The number of hydrogen-bond donors (Lipinski definition) is 2. The molecule has 1 fully saturated rings. The second kappa shape index (κ2) is 6.86. The lowest BCUT2D eigenvalue weighted by atomic mass is 9.77. The Morgan fingerprint density at radius 1 is 1.19 bits per heavy atom. The number of aromatic nitrogens is 4. The van der Waals surface area contributed by atoms with Crippen molar-refractivity contribution in [1.82, 2.24) is 19.7 Å². The largest absolute Gasteiger partial charge is 0.390 e. The van der Waals surface area contributed by atoms with Gasteiger partial charge in [0.25, 0.3) is 0 Å². The molecule has 154 valence electrons. The fourth-order valence-corrected chi connectivity index (χ4v) is 4.15. The summed E-state index contributed by atoms with van der Waals surface area (Å²) in [5.74, 6) is -0.398. The van der Waals surface area contributed by atoms with Crippen LogP contribution < -0.4 is 5.73 Å². The van der Waals surface area contributed by atoms with E-state index < -0.39 is 11.4 Å². The molecule has 1 aliphatic rings. The minimum Gasteiger partial charge on any atom is -0.390 e. The molecule has 0 atom stereocenters. The molecule has 3 heterocycles. The van der Waals surface area contributed by atoms with Crippen molar-refractivity contribution in [1.29, 1.82) is 5.26 Å². The summed E-state index contributed by atoms with van der Waals surface area (Å²) in [6, 6.07) is 14.3. The van der Waals surface area contributed by atoms with Gasteiger partial charge in [-0.3, -0.25) is 4.98 Å². The SMILES string of the molecule is C[C@]1(O)C[C@@H](n2nc(-c3ccc4ccc(-c5ccccn5)nc4c3F)c(C#N)c2N)C1. The van der Waals surface area contributed by atoms with E-state index in [1.165, 1.54) is 4.68 Å². The molecule has 3 N–H and O–H groups in total. The number of nitrogens with zero attached hydrogens (tertiary/aromatic N) is 5. The maximum absolute atomic E-state index is 15.6. The van der Waals surface area contributed by atoms with Crippen LogP contribution in [0.15, 0.2) is 48.7 Å². The quantitative estimate of drug-likeness (QED) is 0.527. The zero-order valence-corrected chi connectivity index (χ0v) is 16.7. The van der Waals surface area contributed by atoms with E-state index in [9.17, 15) is 10.4 Å². The van der Waals surface area contributed by atoms with Crippen LogP contribution in [0.3, 0.4) is 0 Å². The van der Waals surface area contributed by atoms with Crippen molar-refractivity contribution in [2.45, 2.75) is 31.4 Å². The molecule has 0 unspecified atom stereocenters. The van der Waals surface area contributed by atoms with Crippen LogP contribution in [0.4, 0.5) is 10.2 Å². The Labute approximate surface area is 177 Å². The van der Waals surface area contributed by atoms with Gasteiger partial charge in [0, 0.05) is 17.1 Å². The fourth-order valence-electron chi connectivity index (χ4n) is 4.15. The van der Waals surface area contributed by atoms with Crippen LogP contribution in [0.2, 0.25) is 0 Å². The third-order valence-corrected chi connectivity index (χ3v) is 5.74. The first kappa shape index (κ1) is 19.2. The number of hydrogen-bond acceptors (Lipinski definition) is 6. The van der Waals surface area contributed by atoms with Gasteiger partial charge in [0.1, 0.15) is 28.7 Å². The van der Waals surface area contributed by atoms with Crippen LogP contribution >= 0.6 is 0 Å². The van der Waals surface area contributed by atoms with Gasteiger partial charge in [-0.1, -0.05) is 18.2 Å². The minimum absolute atomic E-state index is 0.116. The summed E-state index contributed by atoms with van der Waals surface area (Å²) >= 11 is 0. The molecule has 3 aromatic heterocycles. The number of rotatable bonds is 3. The molecule has 1 aromatic carbocycles. The molecule has 0 saturated heterocycles. The summed E-state index contributed by atoms with van der Waals surface area (Å²) < 4.78 is 17.1. The van der Waals surface area contributed by atoms with Crippen molar-refractivity contribution in [3.05, 3.63) is 60.0 Å². The first-order chi connectivity index (χ1) is 14.9. The van der Waals surface area contributed by atoms with Gasteiger partial charge < -0.3 is 10.8 Å². The third kappa shape index (κ3) is 3.10. The van der Waals surface area contributed by atoms with E-state index in [2.05, 4.69) is 21.1 Å². The molecule has 0 bridgehead atoms. The number of nitriles is 1. The molecule has 0 amide bonds. The van der Waals surface area contributed by atoms with Crippen molar-refractivity contribution in [3.63, 3.8) is 0 Å². The predicted molar refractivity (Wildman–Crippen MR) is 114 cm³/mol. The van der Waals surface area contributed by atoms with Gasteiger partial charge >= 0.3 is 0 Å². The van der Waals surface area contributed by atoms with E-state index >= 15 is 4.39 Å². The molecule has 0 radical (unpaired) electrons. The number of pyridine rings is 2. The number of anilines is 1. The summed E-state index contributed by atoms with van der Waals surface area (Å²) in [4.78, 5) is 8.75. The van der Waals surface area contributed by atoms with E-state index in [4.69, 9.17) is 5.73 Å². The van der Waals surface area contributed by atoms with Gasteiger partial charge in [-0.25, -0.2) is 14.1 Å². The lowest BCUT2D eigenvalue weighted by Crippen LogP contribution is -2.42. The van der Waals surface area contributed by atoms with E-state index in [0.29, 0.717) is 29.6 Å². The number of nitrogen functional groups attached to an aromatic ring is 1. The monoisotopic (exact) mass is 414 g/mol. The Morgan fingerprint density at radius 2 is 1.97 bits per heavy atom. The molecule has 1 saturated carbocycles. The predicted octanol–water partition coefficient (Wildman–Crippen LogP) is 3.84. The van der Waals surface area contributed by atoms with Gasteiger partial charge in [0.15, 0.2) is 5.82 Å². The molecule has 1 aliphatic carbocycles. The summed E-state index contributed by atoms with van der Waals surface area (Å²) in [6.07, 6.45) is 2.59. The van der Waals surface area contributed by atoms with Crippen LogP contribution in [-0.2, 0) is 0 Å². The number of halogens is 1. The third-order valence-electron chi connectivity index (χ3n) is 5.74. The average molecular weight is 414 g/mol. The maximum Gasteiger partial charge on any atom is 0.158 e. The molecule has 4 aromatic rings. The summed E-state index contributed by atoms with van der Waals surface area (Å²) in [6.45, 7) is 1.74.